The van der Waals surface area contributed by atoms with Crippen molar-refractivity contribution >= 4 is 17.2 Å². The van der Waals surface area contributed by atoms with E-state index in [2.05, 4.69) is 10.3 Å². The van der Waals surface area contributed by atoms with Crippen LogP contribution in [0.25, 0.3) is 10.6 Å². The highest BCUT2D eigenvalue weighted by molar-refractivity contribution is 7.13. The van der Waals surface area contributed by atoms with E-state index in [1.807, 2.05) is 11.8 Å². The van der Waals surface area contributed by atoms with Crippen LogP contribution in [-0.4, -0.2) is 41.5 Å². The second kappa shape index (κ2) is 5.91. The van der Waals surface area contributed by atoms with Crippen molar-refractivity contribution in [1.29, 1.82) is 0 Å². The van der Waals surface area contributed by atoms with Crippen molar-refractivity contribution in [2.75, 3.05) is 19.6 Å². The van der Waals surface area contributed by atoms with E-state index in [-0.39, 0.29) is 17.8 Å². The molecular weight excluding hydrogens is 289 g/mol. The van der Waals surface area contributed by atoms with Crippen LogP contribution < -0.4 is 5.32 Å². The maximum Gasteiger partial charge on any atom is 0.273 e. The molecule has 110 valence electrons. The van der Waals surface area contributed by atoms with Crippen molar-refractivity contribution in [1.82, 2.24) is 15.2 Å². The maximum atomic E-state index is 12.9. The number of nitrogens with one attached hydrogen (secondary N) is 1. The molecule has 3 rings (SSSR count). The molecule has 2 heterocycles. The van der Waals surface area contributed by atoms with E-state index >= 15 is 0 Å². The van der Waals surface area contributed by atoms with Crippen molar-refractivity contribution < 1.29 is 9.18 Å². The van der Waals surface area contributed by atoms with Gasteiger partial charge in [0, 0.05) is 36.6 Å². The van der Waals surface area contributed by atoms with Crippen molar-refractivity contribution in [3.8, 4) is 10.6 Å². The molecule has 1 aromatic heterocycles. The average Bonchev–Trinajstić information content (AvgIpc) is 2.98. The standard InChI is InChI=1S/C15H16FN3OS/c1-10-8-17-6-7-19(10)15(20)13-9-21-14(18-13)11-2-4-12(16)5-3-11/h2-5,9-10,17H,6-8H2,1H3. The molecule has 21 heavy (non-hydrogen) atoms. The molecule has 1 aromatic carbocycles. The lowest BCUT2D eigenvalue weighted by Crippen LogP contribution is -2.52. The van der Waals surface area contributed by atoms with Crippen molar-refractivity contribution in [2.24, 2.45) is 0 Å². The van der Waals surface area contributed by atoms with Gasteiger partial charge in [-0.1, -0.05) is 0 Å². The summed E-state index contributed by atoms with van der Waals surface area (Å²) < 4.78 is 12.9. The summed E-state index contributed by atoms with van der Waals surface area (Å²) in [7, 11) is 0. The molecule has 0 aliphatic carbocycles. The Hall–Kier alpha value is -1.79. The fourth-order valence-corrected chi connectivity index (χ4v) is 3.19. The molecule has 6 heteroatoms. The van der Waals surface area contributed by atoms with Gasteiger partial charge in [-0.05, 0) is 31.2 Å². The smallest absolute Gasteiger partial charge is 0.273 e. The highest BCUT2D eigenvalue weighted by Gasteiger charge is 2.25. The van der Waals surface area contributed by atoms with Crippen LogP contribution in [0.4, 0.5) is 4.39 Å². The lowest BCUT2D eigenvalue weighted by molar-refractivity contribution is 0.0650. The first kappa shape index (κ1) is 14.2. The van der Waals surface area contributed by atoms with Gasteiger partial charge in [0.25, 0.3) is 5.91 Å². The molecule has 0 radical (unpaired) electrons. The maximum absolute atomic E-state index is 12.9. The van der Waals surface area contributed by atoms with E-state index in [4.69, 9.17) is 0 Å². The van der Waals surface area contributed by atoms with Crippen LogP contribution in [-0.2, 0) is 0 Å². The number of carbonyl (C=O) groups is 1. The number of halogens is 1. The van der Waals surface area contributed by atoms with Crippen LogP contribution in [0, 0.1) is 5.82 Å². The van der Waals surface area contributed by atoms with E-state index in [1.54, 1.807) is 17.5 Å². The molecule has 0 saturated carbocycles. The zero-order valence-corrected chi connectivity index (χ0v) is 12.5. The zero-order chi connectivity index (χ0) is 14.8. The first-order chi connectivity index (χ1) is 10.1. The van der Waals surface area contributed by atoms with Crippen LogP contribution in [0.15, 0.2) is 29.6 Å². The molecule has 1 unspecified atom stereocenters. The second-order valence-electron chi connectivity index (χ2n) is 5.10. The van der Waals surface area contributed by atoms with E-state index in [0.717, 1.165) is 23.7 Å². The molecule has 1 saturated heterocycles. The minimum Gasteiger partial charge on any atom is -0.332 e. The van der Waals surface area contributed by atoms with Crippen LogP contribution in [0.2, 0.25) is 0 Å². The molecule has 1 amide bonds. The van der Waals surface area contributed by atoms with Gasteiger partial charge in [0.2, 0.25) is 0 Å². The van der Waals surface area contributed by atoms with Gasteiger partial charge < -0.3 is 10.2 Å². The summed E-state index contributed by atoms with van der Waals surface area (Å²) in [4.78, 5) is 18.7. The number of benzene rings is 1. The summed E-state index contributed by atoms with van der Waals surface area (Å²) in [6, 6.07) is 6.32. The van der Waals surface area contributed by atoms with Gasteiger partial charge >= 0.3 is 0 Å². The first-order valence-electron chi connectivity index (χ1n) is 6.88. The molecule has 1 atom stereocenters. The van der Waals surface area contributed by atoms with E-state index < -0.39 is 0 Å². The number of rotatable bonds is 2. The van der Waals surface area contributed by atoms with Gasteiger partial charge in [0.05, 0.1) is 0 Å². The summed E-state index contributed by atoms with van der Waals surface area (Å²) >= 11 is 1.41. The van der Waals surface area contributed by atoms with Gasteiger partial charge in [-0.15, -0.1) is 11.3 Å². The summed E-state index contributed by atoms with van der Waals surface area (Å²) in [6.07, 6.45) is 0. The molecule has 0 bridgehead atoms. The normalized spacial score (nSPS) is 18.8. The molecule has 4 nitrogen and oxygen atoms in total. The highest BCUT2D eigenvalue weighted by Crippen LogP contribution is 2.24. The van der Waals surface area contributed by atoms with Gasteiger partial charge in [0.1, 0.15) is 16.5 Å². The van der Waals surface area contributed by atoms with Crippen molar-refractivity contribution in [2.45, 2.75) is 13.0 Å². The molecule has 1 fully saturated rings. The topological polar surface area (TPSA) is 45.2 Å². The van der Waals surface area contributed by atoms with Crippen molar-refractivity contribution in [3.63, 3.8) is 0 Å². The molecular formula is C15H16FN3OS. The molecule has 0 spiro atoms. The van der Waals surface area contributed by atoms with Gasteiger partial charge in [-0.25, -0.2) is 9.37 Å². The third-order valence-corrected chi connectivity index (χ3v) is 4.47. The van der Waals surface area contributed by atoms with Crippen LogP contribution in [0.3, 0.4) is 0 Å². The third-order valence-electron chi connectivity index (χ3n) is 3.58. The number of thiazole rings is 1. The number of aromatic nitrogens is 1. The van der Waals surface area contributed by atoms with Crippen molar-refractivity contribution in [3.05, 3.63) is 41.2 Å². The fourth-order valence-electron chi connectivity index (χ4n) is 2.39. The van der Waals surface area contributed by atoms with Gasteiger partial charge in [0.15, 0.2) is 0 Å². The second-order valence-corrected chi connectivity index (χ2v) is 5.95. The SMILES string of the molecule is CC1CNCCN1C(=O)c1csc(-c2ccc(F)cc2)n1. The Morgan fingerprint density at radius 1 is 1.43 bits per heavy atom. The predicted octanol–water partition coefficient (Wildman–Crippen LogP) is 2.38. The minimum absolute atomic E-state index is 0.0337. The highest BCUT2D eigenvalue weighted by atomic mass is 32.1. The largest absolute Gasteiger partial charge is 0.332 e. The molecule has 1 N–H and O–H groups in total. The summed E-state index contributed by atoms with van der Waals surface area (Å²) in [5.74, 6) is -0.310. The Bertz CT molecular complexity index is 641. The number of hydrogen-bond acceptors (Lipinski definition) is 4. The zero-order valence-electron chi connectivity index (χ0n) is 11.7. The quantitative estimate of drug-likeness (QED) is 0.926. The molecule has 1 aliphatic rings. The summed E-state index contributed by atoms with van der Waals surface area (Å²) in [5.41, 5.74) is 1.29. The fraction of sp³-hybridized carbons (Fsp3) is 0.333. The van der Waals surface area contributed by atoms with Crippen LogP contribution in [0.5, 0.6) is 0 Å². The minimum atomic E-state index is -0.277. The van der Waals surface area contributed by atoms with E-state index in [1.165, 1.54) is 23.5 Å². The third kappa shape index (κ3) is 2.96. The van der Waals surface area contributed by atoms with Crippen LogP contribution in [0.1, 0.15) is 17.4 Å². The average molecular weight is 305 g/mol. The Morgan fingerprint density at radius 2 is 2.19 bits per heavy atom. The molecule has 2 aromatic rings. The number of hydrogen-bond donors (Lipinski definition) is 1. The molecule has 1 aliphatic heterocycles. The Kier molecular flexibility index (Phi) is 3.98. The first-order valence-corrected chi connectivity index (χ1v) is 7.76. The van der Waals surface area contributed by atoms with Gasteiger partial charge in [-0.2, -0.15) is 0 Å². The lowest BCUT2D eigenvalue weighted by atomic mass is 10.2. The predicted molar refractivity (Wildman–Crippen MR) is 80.9 cm³/mol. The number of amides is 1. The number of piperazine rings is 1. The Balaban J connectivity index is 1.81. The lowest BCUT2D eigenvalue weighted by Gasteiger charge is -2.33. The Morgan fingerprint density at radius 3 is 2.90 bits per heavy atom. The number of nitrogens with zero attached hydrogens (tertiary/aromatic N) is 2. The summed E-state index contributed by atoms with van der Waals surface area (Å²) in [5, 5.41) is 5.77. The Labute approximate surface area is 126 Å². The van der Waals surface area contributed by atoms with E-state index in [9.17, 15) is 9.18 Å². The number of carbonyl (C=O) groups excluding carboxylic acids is 1. The van der Waals surface area contributed by atoms with Crippen LogP contribution >= 0.6 is 11.3 Å². The van der Waals surface area contributed by atoms with E-state index in [0.29, 0.717) is 12.2 Å². The van der Waals surface area contributed by atoms with Gasteiger partial charge in [-0.3, -0.25) is 4.79 Å². The monoisotopic (exact) mass is 305 g/mol. The summed E-state index contributed by atoms with van der Waals surface area (Å²) in [6.45, 7) is 4.34.